The number of hydrogen-bond donors (Lipinski definition) is 1. The first kappa shape index (κ1) is 15.9. The van der Waals surface area contributed by atoms with E-state index in [9.17, 15) is 4.39 Å². The zero-order chi connectivity index (χ0) is 15.2. The zero-order valence-electron chi connectivity index (χ0n) is 12.6. The van der Waals surface area contributed by atoms with E-state index in [2.05, 4.69) is 22.2 Å². The van der Waals surface area contributed by atoms with Gasteiger partial charge in [0.2, 0.25) is 0 Å². The van der Waals surface area contributed by atoms with Crippen LogP contribution in [0.25, 0.3) is 0 Å². The van der Waals surface area contributed by atoms with E-state index in [1.165, 1.54) is 17.8 Å². The van der Waals surface area contributed by atoms with Gasteiger partial charge in [-0.25, -0.2) is 14.4 Å². The number of benzene rings is 1. The SMILES string of the molecule is CCCNC(C)c1cc(F)ccc1Sc1ncc(C)cn1. The first-order valence-electron chi connectivity index (χ1n) is 7.09. The maximum Gasteiger partial charge on any atom is 0.192 e. The average molecular weight is 305 g/mol. The van der Waals surface area contributed by atoms with Gasteiger partial charge in [-0.3, -0.25) is 0 Å². The monoisotopic (exact) mass is 305 g/mol. The Labute approximate surface area is 129 Å². The summed E-state index contributed by atoms with van der Waals surface area (Å²) in [5, 5.41) is 4.07. The highest BCUT2D eigenvalue weighted by Crippen LogP contribution is 2.31. The molecule has 1 heterocycles. The first-order chi connectivity index (χ1) is 10.1. The van der Waals surface area contributed by atoms with Crippen molar-refractivity contribution in [3.05, 3.63) is 47.5 Å². The maximum absolute atomic E-state index is 13.6. The van der Waals surface area contributed by atoms with Gasteiger partial charge in [0.25, 0.3) is 0 Å². The molecule has 0 saturated carbocycles. The van der Waals surface area contributed by atoms with Gasteiger partial charge in [0, 0.05) is 23.3 Å². The van der Waals surface area contributed by atoms with Gasteiger partial charge in [0.05, 0.1) is 0 Å². The summed E-state index contributed by atoms with van der Waals surface area (Å²) in [6.45, 7) is 7.02. The Kier molecular flexibility index (Phi) is 5.70. The Balaban J connectivity index is 2.23. The van der Waals surface area contributed by atoms with Gasteiger partial charge in [-0.15, -0.1) is 0 Å². The van der Waals surface area contributed by atoms with Crippen molar-refractivity contribution in [1.82, 2.24) is 15.3 Å². The van der Waals surface area contributed by atoms with E-state index in [0.29, 0.717) is 5.16 Å². The summed E-state index contributed by atoms with van der Waals surface area (Å²) in [5.41, 5.74) is 1.97. The van der Waals surface area contributed by atoms with E-state index in [0.717, 1.165) is 29.0 Å². The molecule has 0 aliphatic rings. The van der Waals surface area contributed by atoms with Crippen molar-refractivity contribution in [1.29, 1.82) is 0 Å². The Morgan fingerprint density at radius 1 is 1.29 bits per heavy atom. The highest BCUT2D eigenvalue weighted by Gasteiger charge is 2.13. The van der Waals surface area contributed by atoms with Crippen LogP contribution >= 0.6 is 11.8 Å². The van der Waals surface area contributed by atoms with Crippen LogP contribution in [0.3, 0.4) is 0 Å². The molecule has 3 nitrogen and oxygen atoms in total. The van der Waals surface area contributed by atoms with Crippen molar-refractivity contribution in [3.63, 3.8) is 0 Å². The molecule has 1 aromatic heterocycles. The second kappa shape index (κ2) is 7.52. The number of nitrogens with zero attached hydrogens (tertiary/aromatic N) is 2. The normalized spacial score (nSPS) is 12.4. The van der Waals surface area contributed by atoms with Crippen molar-refractivity contribution in [3.8, 4) is 0 Å². The average Bonchev–Trinajstić information content (AvgIpc) is 2.49. The summed E-state index contributed by atoms with van der Waals surface area (Å²) < 4.78 is 13.6. The topological polar surface area (TPSA) is 37.8 Å². The van der Waals surface area contributed by atoms with Crippen LogP contribution in [-0.2, 0) is 0 Å². The van der Waals surface area contributed by atoms with Crippen LogP contribution in [0.2, 0.25) is 0 Å². The molecule has 0 aliphatic carbocycles. The third-order valence-electron chi connectivity index (χ3n) is 3.10. The summed E-state index contributed by atoms with van der Waals surface area (Å²) in [6, 6.07) is 4.95. The number of halogens is 1. The van der Waals surface area contributed by atoms with Crippen molar-refractivity contribution in [2.45, 2.75) is 43.3 Å². The molecule has 0 amide bonds. The predicted octanol–water partition coefficient (Wildman–Crippen LogP) is 4.14. The van der Waals surface area contributed by atoms with Crippen LogP contribution < -0.4 is 5.32 Å². The van der Waals surface area contributed by atoms with Gasteiger partial charge >= 0.3 is 0 Å². The molecular formula is C16H20FN3S. The summed E-state index contributed by atoms with van der Waals surface area (Å²) in [5.74, 6) is -0.218. The van der Waals surface area contributed by atoms with E-state index in [4.69, 9.17) is 0 Å². The van der Waals surface area contributed by atoms with Crippen LogP contribution in [0.15, 0.2) is 40.6 Å². The summed E-state index contributed by atoms with van der Waals surface area (Å²) in [6.07, 6.45) is 4.62. The van der Waals surface area contributed by atoms with E-state index in [1.54, 1.807) is 24.5 Å². The quantitative estimate of drug-likeness (QED) is 0.814. The van der Waals surface area contributed by atoms with E-state index in [-0.39, 0.29) is 11.9 Å². The van der Waals surface area contributed by atoms with Crippen molar-refractivity contribution >= 4 is 11.8 Å². The van der Waals surface area contributed by atoms with Crippen LogP contribution in [0.1, 0.15) is 37.4 Å². The molecule has 2 rings (SSSR count). The number of nitrogens with one attached hydrogen (secondary N) is 1. The molecule has 0 bridgehead atoms. The number of hydrogen-bond acceptors (Lipinski definition) is 4. The third-order valence-corrected chi connectivity index (χ3v) is 4.08. The second-order valence-electron chi connectivity index (χ2n) is 5.00. The van der Waals surface area contributed by atoms with Crippen molar-refractivity contribution < 1.29 is 4.39 Å². The lowest BCUT2D eigenvalue weighted by Gasteiger charge is -2.17. The van der Waals surface area contributed by atoms with Gasteiger partial charge in [0.1, 0.15) is 5.82 Å². The van der Waals surface area contributed by atoms with Crippen molar-refractivity contribution in [2.75, 3.05) is 6.54 Å². The lowest BCUT2D eigenvalue weighted by Crippen LogP contribution is -2.20. The molecule has 21 heavy (non-hydrogen) atoms. The Morgan fingerprint density at radius 2 is 2.00 bits per heavy atom. The number of aromatic nitrogens is 2. The fourth-order valence-electron chi connectivity index (χ4n) is 1.95. The van der Waals surface area contributed by atoms with E-state index in [1.807, 2.05) is 13.8 Å². The summed E-state index contributed by atoms with van der Waals surface area (Å²) in [4.78, 5) is 9.58. The Hall–Kier alpha value is -1.46. The molecule has 112 valence electrons. The van der Waals surface area contributed by atoms with Crippen LogP contribution in [0.5, 0.6) is 0 Å². The molecule has 0 spiro atoms. The molecule has 1 unspecified atom stereocenters. The van der Waals surface area contributed by atoms with Gasteiger partial charge in [0.15, 0.2) is 5.16 Å². The molecule has 5 heteroatoms. The highest BCUT2D eigenvalue weighted by molar-refractivity contribution is 7.99. The Morgan fingerprint density at radius 3 is 2.67 bits per heavy atom. The van der Waals surface area contributed by atoms with Gasteiger partial charge < -0.3 is 5.32 Å². The predicted molar refractivity (Wildman–Crippen MR) is 84.0 cm³/mol. The molecule has 2 aromatic rings. The molecule has 0 aliphatic heterocycles. The highest BCUT2D eigenvalue weighted by atomic mass is 32.2. The number of rotatable bonds is 6. The van der Waals surface area contributed by atoms with Crippen molar-refractivity contribution in [2.24, 2.45) is 0 Å². The molecule has 0 radical (unpaired) electrons. The number of aryl methyl sites for hydroxylation is 1. The van der Waals surface area contributed by atoms with E-state index < -0.39 is 0 Å². The minimum Gasteiger partial charge on any atom is -0.310 e. The zero-order valence-corrected chi connectivity index (χ0v) is 13.4. The fraction of sp³-hybridized carbons (Fsp3) is 0.375. The minimum atomic E-state index is -0.218. The standard InChI is InChI=1S/C16H20FN3S/c1-4-7-18-12(3)14-8-13(17)5-6-15(14)21-16-19-9-11(2)10-20-16/h5-6,8-10,12,18H,4,7H2,1-3H3. The second-order valence-corrected chi connectivity index (χ2v) is 6.01. The Bertz CT molecular complexity index is 587. The van der Waals surface area contributed by atoms with Crippen LogP contribution in [-0.4, -0.2) is 16.5 Å². The lowest BCUT2D eigenvalue weighted by molar-refractivity contribution is 0.554. The van der Waals surface area contributed by atoms with Crippen LogP contribution in [0, 0.1) is 12.7 Å². The molecular weight excluding hydrogens is 285 g/mol. The van der Waals surface area contributed by atoms with Gasteiger partial charge in [-0.2, -0.15) is 0 Å². The largest absolute Gasteiger partial charge is 0.310 e. The van der Waals surface area contributed by atoms with Gasteiger partial charge in [-0.05, 0) is 67.9 Å². The van der Waals surface area contributed by atoms with Crippen LogP contribution in [0.4, 0.5) is 4.39 Å². The fourth-order valence-corrected chi connectivity index (χ4v) is 2.85. The molecule has 1 atom stereocenters. The summed E-state index contributed by atoms with van der Waals surface area (Å²) in [7, 11) is 0. The lowest BCUT2D eigenvalue weighted by atomic mass is 10.1. The van der Waals surface area contributed by atoms with E-state index >= 15 is 0 Å². The molecule has 1 aromatic carbocycles. The minimum absolute atomic E-state index is 0.0913. The molecule has 0 fully saturated rings. The van der Waals surface area contributed by atoms with Gasteiger partial charge in [-0.1, -0.05) is 6.92 Å². The smallest absolute Gasteiger partial charge is 0.192 e. The molecule has 0 saturated heterocycles. The third kappa shape index (κ3) is 4.51. The molecule has 1 N–H and O–H groups in total. The maximum atomic E-state index is 13.6. The summed E-state index contributed by atoms with van der Waals surface area (Å²) >= 11 is 1.46. The first-order valence-corrected chi connectivity index (χ1v) is 7.91.